The first kappa shape index (κ1) is 11.1. The van der Waals surface area contributed by atoms with Crippen LogP contribution in [-0.2, 0) is 0 Å². The van der Waals surface area contributed by atoms with Crippen molar-refractivity contribution in [1.29, 1.82) is 0 Å². The third-order valence-electron chi connectivity index (χ3n) is 2.17. The lowest BCUT2D eigenvalue weighted by molar-refractivity contribution is 0.491. The smallest absolute Gasteiger partial charge is 0.133 e. The van der Waals surface area contributed by atoms with E-state index in [4.69, 9.17) is 0 Å². The van der Waals surface area contributed by atoms with Gasteiger partial charge in [-0.15, -0.1) is 0 Å². The summed E-state index contributed by atoms with van der Waals surface area (Å²) in [6.45, 7) is 2.79. The van der Waals surface area contributed by atoms with Gasteiger partial charge in [0.2, 0.25) is 0 Å². The minimum atomic E-state index is 0.828. The van der Waals surface area contributed by atoms with E-state index in [0.717, 1.165) is 28.2 Å². The molecule has 84 valence electrons. The molecule has 2 rings (SSSR count). The highest BCUT2D eigenvalue weighted by molar-refractivity contribution is 9.11. The number of likely N-dealkylation sites (N-methyl/N-ethyl adjacent to an activating group) is 1. The van der Waals surface area contributed by atoms with E-state index in [1.165, 1.54) is 0 Å². The molecule has 0 saturated carbocycles. The van der Waals surface area contributed by atoms with Crippen molar-refractivity contribution < 1.29 is 0 Å². The SMILES string of the molecule is Cc1cc(NC2=CC(Br)=CN(C)C2)ncn1. The molecular weight excluding hydrogens is 268 g/mol. The average Bonchev–Trinajstić information content (AvgIpc) is 2.15. The quantitative estimate of drug-likeness (QED) is 0.902. The first-order valence-electron chi connectivity index (χ1n) is 4.97. The molecule has 1 aliphatic heterocycles. The summed E-state index contributed by atoms with van der Waals surface area (Å²) in [5.41, 5.74) is 2.06. The van der Waals surface area contributed by atoms with E-state index >= 15 is 0 Å². The number of rotatable bonds is 2. The number of anilines is 1. The van der Waals surface area contributed by atoms with Crippen LogP contribution in [0, 0.1) is 6.92 Å². The van der Waals surface area contributed by atoms with E-state index in [1.54, 1.807) is 6.33 Å². The fraction of sp³-hybridized carbons (Fsp3) is 0.273. The van der Waals surface area contributed by atoms with E-state index in [9.17, 15) is 0 Å². The fourth-order valence-electron chi connectivity index (χ4n) is 1.54. The van der Waals surface area contributed by atoms with Crippen LogP contribution in [0.1, 0.15) is 5.69 Å². The van der Waals surface area contributed by atoms with Gasteiger partial charge in [0, 0.05) is 35.2 Å². The summed E-state index contributed by atoms with van der Waals surface area (Å²) in [6.07, 6.45) is 5.66. The zero-order chi connectivity index (χ0) is 11.5. The van der Waals surface area contributed by atoms with Crippen LogP contribution in [-0.4, -0.2) is 28.5 Å². The van der Waals surface area contributed by atoms with Crippen molar-refractivity contribution in [3.8, 4) is 0 Å². The Kier molecular flexibility index (Phi) is 3.24. The lowest BCUT2D eigenvalue weighted by atomic mass is 10.3. The monoisotopic (exact) mass is 280 g/mol. The van der Waals surface area contributed by atoms with E-state index in [-0.39, 0.29) is 0 Å². The summed E-state index contributed by atoms with van der Waals surface area (Å²) in [7, 11) is 2.03. The molecule has 0 radical (unpaired) electrons. The fourth-order valence-corrected chi connectivity index (χ4v) is 2.16. The molecule has 0 bridgehead atoms. The molecule has 0 aromatic carbocycles. The highest BCUT2D eigenvalue weighted by atomic mass is 79.9. The molecule has 16 heavy (non-hydrogen) atoms. The standard InChI is InChI=1S/C11H13BrN4/c1-8-3-11(14-7-13-8)15-10-4-9(12)5-16(2)6-10/h3-5,7H,6H2,1-2H3,(H,13,14,15). The Morgan fingerprint density at radius 2 is 2.25 bits per heavy atom. The lowest BCUT2D eigenvalue weighted by Gasteiger charge is -2.22. The Morgan fingerprint density at radius 3 is 2.94 bits per heavy atom. The number of nitrogens with zero attached hydrogens (tertiary/aromatic N) is 3. The maximum atomic E-state index is 4.17. The Bertz CT molecular complexity index is 453. The number of allylic oxidation sites excluding steroid dienone is 2. The largest absolute Gasteiger partial charge is 0.374 e. The summed E-state index contributed by atoms with van der Waals surface area (Å²) >= 11 is 3.47. The second-order valence-electron chi connectivity index (χ2n) is 3.77. The maximum Gasteiger partial charge on any atom is 0.133 e. The summed E-state index contributed by atoms with van der Waals surface area (Å²) < 4.78 is 1.05. The van der Waals surface area contributed by atoms with Gasteiger partial charge in [-0.1, -0.05) is 0 Å². The van der Waals surface area contributed by atoms with Crippen LogP contribution in [0.25, 0.3) is 0 Å². The number of aryl methyl sites for hydroxylation is 1. The van der Waals surface area contributed by atoms with Gasteiger partial charge in [-0.3, -0.25) is 0 Å². The first-order valence-corrected chi connectivity index (χ1v) is 5.76. The normalized spacial score (nSPS) is 15.6. The van der Waals surface area contributed by atoms with Crippen molar-refractivity contribution in [3.05, 3.63) is 40.5 Å². The van der Waals surface area contributed by atoms with Gasteiger partial charge in [0.1, 0.15) is 12.1 Å². The summed E-state index contributed by atoms with van der Waals surface area (Å²) in [6, 6.07) is 1.92. The molecule has 0 fully saturated rings. The van der Waals surface area contributed by atoms with Gasteiger partial charge in [-0.05, 0) is 28.9 Å². The zero-order valence-electron chi connectivity index (χ0n) is 9.24. The second kappa shape index (κ2) is 4.65. The van der Waals surface area contributed by atoms with E-state index in [1.807, 2.05) is 26.2 Å². The molecule has 0 saturated heterocycles. The molecule has 2 heterocycles. The van der Waals surface area contributed by atoms with E-state index < -0.39 is 0 Å². The number of halogens is 1. The molecule has 4 nitrogen and oxygen atoms in total. The molecule has 0 spiro atoms. The number of nitrogens with one attached hydrogen (secondary N) is 1. The van der Waals surface area contributed by atoms with Crippen LogP contribution < -0.4 is 5.32 Å². The third-order valence-corrected chi connectivity index (χ3v) is 2.60. The zero-order valence-corrected chi connectivity index (χ0v) is 10.8. The van der Waals surface area contributed by atoms with Crippen LogP contribution in [0.5, 0.6) is 0 Å². The molecular formula is C11H13BrN4. The second-order valence-corrected chi connectivity index (χ2v) is 4.68. The summed E-state index contributed by atoms with van der Waals surface area (Å²) in [5.74, 6) is 0.828. The van der Waals surface area contributed by atoms with Crippen LogP contribution >= 0.6 is 15.9 Å². The molecule has 0 atom stereocenters. The number of hydrogen-bond donors (Lipinski definition) is 1. The topological polar surface area (TPSA) is 41.0 Å². The Labute approximate surface area is 103 Å². The van der Waals surface area contributed by atoms with Gasteiger partial charge < -0.3 is 10.2 Å². The molecule has 1 N–H and O–H groups in total. The number of aromatic nitrogens is 2. The molecule has 0 aliphatic carbocycles. The Morgan fingerprint density at radius 1 is 1.44 bits per heavy atom. The van der Waals surface area contributed by atoms with Gasteiger partial charge in [0.25, 0.3) is 0 Å². The predicted octanol–water partition coefficient (Wildman–Crippen LogP) is 2.26. The average molecular weight is 281 g/mol. The molecule has 0 unspecified atom stereocenters. The number of hydrogen-bond acceptors (Lipinski definition) is 4. The summed E-state index contributed by atoms with van der Waals surface area (Å²) in [4.78, 5) is 10.3. The van der Waals surface area contributed by atoms with Gasteiger partial charge in [0.15, 0.2) is 0 Å². The van der Waals surface area contributed by atoms with Gasteiger partial charge in [-0.2, -0.15) is 0 Å². The highest BCUT2D eigenvalue weighted by Crippen LogP contribution is 2.18. The van der Waals surface area contributed by atoms with E-state index in [2.05, 4.69) is 42.2 Å². The van der Waals surface area contributed by atoms with E-state index in [0.29, 0.717) is 0 Å². The Hall–Kier alpha value is -1.36. The van der Waals surface area contributed by atoms with Crippen molar-refractivity contribution in [1.82, 2.24) is 14.9 Å². The van der Waals surface area contributed by atoms with Crippen LogP contribution in [0.3, 0.4) is 0 Å². The molecule has 1 aliphatic rings. The van der Waals surface area contributed by atoms with Gasteiger partial charge in [-0.25, -0.2) is 9.97 Å². The van der Waals surface area contributed by atoms with Crippen LogP contribution in [0.4, 0.5) is 5.82 Å². The van der Waals surface area contributed by atoms with Crippen molar-refractivity contribution in [2.75, 3.05) is 18.9 Å². The van der Waals surface area contributed by atoms with Crippen LogP contribution in [0.2, 0.25) is 0 Å². The maximum absolute atomic E-state index is 4.17. The molecule has 0 amide bonds. The lowest BCUT2D eigenvalue weighted by Crippen LogP contribution is -2.22. The van der Waals surface area contributed by atoms with Gasteiger partial charge >= 0.3 is 0 Å². The summed E-state index contributed by atoms with van der Waals surface area (Å²) in [5, 5.41) is 3.28. The van der Waals surface area contributed by atoms with Crippen molar-refractivity contribution in [2.24, 2.45) is 0 Å². The minimum absolute atomic E-state index is 0.828. The predicted molar refractivity (Wildman–Crippen MR) is 68.1 cm³/mol. The van der Waals surface area contributed by atoms with Crippen LogP contribution in [0.15, 0.2) is 34.8 Å². The van der Waals surface area contributed by atoms with Crippen molar-refractivity contribution in [3.63, 3.8) is 0 Å². The third kappa shape index (κ3) is 2.82. The Balaban J connectivity index is 2.14. The highest BCUT2D eigenvalue weighted by Gasteiger charge is 2.08. The first-order chi connectivity index (χ1) is 7.63. The molecule has 1 aromatic rings. The minimum Gasteiger partial charge on any atom is -0.374 e. The van der Waals surface area contributed by atoms with Crippen molar-refractivity contribution >= 4 is 21.7 Å². The molecule has 5 heteroatoms. The molecule has 1 aromatic heterocycles. The van der Waals surface area contributed by atoms with Crippen molar-refractivity contribution in [2.45, 2.75) is 6.92 Å². The van der Waals surface area contributed by atoms with Gasteiger partial charge in [0.05, 0.1) is 6.54 Å².